The van der Waals surface area contributed by atoms with Crippen LogP contribution in [0.2, 0.25) is 0 Å². The first-order valence-corrected chi connectivity index (χ1v) is 11.3. The second-order valence-corrected chi connectivity index (χ2v) is 10.7. The molecule has 5 nitrogen and oxygen atoms in total. The topological polar surface area (TPSA) is 80.7 Å². The highest BCUT2D eigenvalue weighted by molar-refractivity contribution is 5.92. The minimum Gasteiger partial charge on any atom is -0.481 e. The summed E-state index contributed by atoms with van der Waals surface area (Å²) in [5, 5.41) is 9.28. The molecule has 0 amide bonds. The fourth-order valence-electron chi connectivity index (χ4n) is 7.38. The van der Waals surface area contributed by atoms with Crippen LogP contribution in [0.1, 0.15) is 72.1 Å². The van der Waals surface area contributed by atoms with Gasteiger partial charge < -0.3 is 9.84 Å². The molecular weight excluding hydrogens is 380 g/mol. The van der Waals surface area contributed by atoms with Gasteiger partial charge in [-0.15, -0.1) is 0 Å². The lowest BCUT2D eigenvalue weighted by Gasteiger charge is -2.57. The molecule has 0 aromatic carbocycles. The fraction of sp³-hybridized carbons (Fsp3) is 0.720. The molecule has 4 rings (SSSR count). The van der Waals surface area contributed by atoms with Crippen LogP contribution in [0.25, 0.3) is 0 Å². The summed E-state index contributed by atoms with van der Waals surface area (Å²) in [6.07, 6.45) is 9.87. The second-order valence-electron chi connectivity index (χ2n) is 10.7. The minimum absolute atomic E-state index is 0.0368. The minimum atomic E-state index is -0.741. The normalized spacial score (nSPS) is 42.4. The third kappa shape index (κ3) is 2.91. The highest BCUT2D eigenvalue weighted by Gasteiger charge is 2.62. The summed E-state index contributed by atoms with van der Waals surface area (Å²) in [6, 6.07) is 0. The Labute approximate surface area is 178 Å². The van der Waals surface area contributed by atoms with Crippen molar-refractivity contribution in [1.82, 2.24) is 0 Å². The van der Waals surface area contributed by atoms with Crippen molar-refractivity contribution < 1.29 is 24.2 Å². The number of carboxylic acids is 1. The molecule has 2 fully saturated rings. The van der Waals surface area contributed by atoms with Crippen molar-refractivity contribution in [2.24, 2.45) is 34.0 Å². The molecule has 0 aromatic heterocycles. The molecule has 0 radical (unpaired) electrons. The van der Waals surface area contributed by atoms with Crippen LogP contribution in [0.4, 0.5) is 0 Å². The SMILES string of the molecule is COC(=O)C1CC2=CC(=O)CCC2(C)C2=CCC3(C)C(CC[C@@]3(C)CCC(=O)O)C21. The average Bonchev–Trinajstić information content (AvgIpc) is 2.97. The van der Waals surface area contributed by atoms with Crippen LogP contribution in [0, 0.1) is 34.0 Å². The Hall–Kier alpha value is -1.91. The summed E-state index contributed by atoms with van der Waals surface area (Å²) < 4.78 is 5.23. The van der Waals surface area contributed by atoms with Gasteiger partial charge in [0.05, 0.1) is 13.0 Å². The zero-order valence-electron chi connectivity index (χ0n) is 18.6. The quantitative estimate of drug-likeness (QED) is 0.532. The summed E-state index contributed by atoms with van der Waals surface area (Å²) in [7, 11) is 1.45. The van der Waals surface area contributed by atoms with E-state index in [2.05, 4.69) is 26.8 Å². The van der Waals surface area contributed by atoms with E-state index < -0.39 is 5.97 Å². The van der Waals surface area contributed by atoms with Gasteiger partial charge in [0.15, 0.2) is 5.78 Å². The fourth-order valence-corrected chi connectivity index (χ4v) is 7.38. The van der Waals surface area contributed by atoms with Crippen LogP contribution in [0.15, 0.2) is 23.3 Å². The van der Waals surface area contributed by atoms with Crippen molar-refractivity contribution in [1.29, 1.82) is 0 Å². The molecule has 0 saturated heterocycles. The molecule has 30 heavy (non-hydrogen) atoms. The van der Waals surface area contributed by atoms with E-state index in [1.807, 2.05) is 0 Å². The number of carbonyl (C=O) groups excluding carboxylic acids is 2. The number of esters is 1. The summed E-state index contributed by atoms with van der Waals surface area (Å²) >= 11 is 0. The third-order valence-electron chi connectivity index (χ3n) is 9.56. The lowest BCUT2D eigenvalue weighted by Crippen LogP contribution is -2.51. The number of carboxylic acid groups (broad SMARTS) is 1. The maximum absolute atomic E-state index is 12.9. The molecule has 5 heteroatoms. The monoisotopic (exact) mass is 414 g/mol. The van der Waals surface area contributed by atoms with Crippen molar-refractivity contribution in [3.63, 3.8) is 0 Å². The maximum Gasteiger partial charge on any atom is 0.309 e. The van der Waals surface area contributed by atoms with Crippen molar-refractivity contribution >= 4 is 17.7 Å². The van der Waals surface area contributed by atoms with Crippen LogP contribution in [0.3, 0.4) is 0 Å². The predicted octanol–water partition coefficient (Wildman–Crippen LogP) is 4.71. The van der Waals surface area contributed by atoms with Gasteiger partial charge >= 0.3 is 11.9 Å². The van der Waals surface area contributed by atoms with E-state index in [0.29, 0.717) is 25.2 Å². The van der Waals surface area contributed by atoms with Gasteiger partial charge in [0.25, 0.3) is 0 Å². The number of hydrogen-bond acceptors (Lipinski definition) is 4. The molecule has 5 unspecified atom stereocenters. The van der Waals surface area contributed by atoms with Gasteiger partial charge in [0.1, 0.15) is 0 Å². The first kappa shape index (κ1) is 21.3. The van der Waals surface area contributed by atoms with Crippen LogP contribution in [0.5, 0.6) is 0 Å². The van der Waals surface area contributed by atoms with Gasteiger partial charge in [-0.1, -0.05) is 38.0 Å². The van der Waals surface area contributed by atoms with Gasteiger partial charge in [-0.25, -0.2) is 0 Å². The molecule has 0 aromatic rings. The van der Waals surface area contributed by atoms with Gasteiger partial charge in [-0.2, -0.15) is 0 Å². The Bertz CT molecular complexity index is 854. The molecular formula is C25H34O5. The maximum atomic E-state index is 12.9. The zero-order chi connectivity index (χ0) is 21.9. The van der Waals surface area contributed by atoms with Crippen LogP contribution in [-0.2, 0) is 19.1 Å². The third-order valence-corrected chi connectivity index (χ3v) is 9.56. The van der Waals surface area contributed by atoms with E-state index in [0.717, 1.165) is 31.3 Å². The molecule has 0 aliphatic heterocycles. The van der Waals surface area contributed by atoms with Crippen molar-refractivity contribution in [2.75, 3.05) is 7.11 Å². The Balaban J connectivity index is 1.79. The van der Waals surface area contributed by atoms with Gasteiger partial charge in [-0.05, 0) is 67.3 Å². The highest BCUT2D eigenvalue weighted by Crippen LogP contribution is 2.70. The predicted molar refractivity (Wildman–Crippen MR) is 113 cm³/mol. The Kier molecular flexibility index (Phi) is 5.02. The van der Waals surface area contributed by atoms with Crippen LogP contribution in [-0.4, -0.2) is 29.9 Å². The molecule has 0 heterocycles. The number of allylic oxidation sites excluding steroid dienone is 4. The lowest BCUT2D eigenvalue weighted by atomic mass is 9.47. The molecule has 0 bridgehead atoms. The van der Waals surface area contributed by atoms with Crippen molar-refractivity contribution in [2.45, 2.75) is 72.1 Å². The van der Waals surface area contributed by atoms with E-state index in [-0.39, 0.29) is 46.3 Å². The number of carbonyl (C=O) groups is 3. The number of ketones is 1. The smallest absolute Gasteiger partial charge is 0.309 e. The average molecular weight is 415 g/mol. The van der Waals surface area contributed by atoms with Gasteiger partial charge in [0.2, 0.25) is 0 Å². The van der Waals surface area contributed by atoms with Gasteiger partial charge in [-0.3, -0.25) is 14.4 Å². The first-order chi connectivity index (χ1) is 14.1. The molecule has 2 saturated carbocycles. The second kappa shape index (κ2) is 7.06. The van der Waals surface area contributed by atoms with Crippen molar-refractivity contribution in [3.05, 3.63) is 23.3 Å². The highest BCUT2D eigenvalue weighted by atomic mass is 16.5. The van der Waals surface area contributed by atoms with E-state index in [4.69, 9.17) is 4.74 Å². The standard InChI is InChI=1S/C25H34O5/c1-23(10-8-20(27)28)9-6-19-21-17(22(29)30-4)14-15-13-16(26)5-11-24(15,2)18(21)7-12-25(19,23)3/h7,13,17,19,21H,5-6,8-12,14H2,1-4H3,(H,27,28)/t17?,19?,21?,23-,24?,25?/m0/s1. The molecule has 4 aliphatic carbocycles. The number of ether oxygens (including phenoxy) is 1. The molecule has 1 N–H and O–H groups in total. The number of aliphatic carboxylic acids is 1. The largest absolute Gasteiger partial charge is 0.481 e. The van der Waals surface area contributed by atoms with Gasteiger partial charge in [0, 0.05) is 18.3 Å². The molecule has 4 aliphatic rings. The summed E-state index contributed by atoms with van der Waals surface area (Å²) in [6.45, 7) is 6.81. The number of rotatable bonds is 4. The van der Waals surface area contributed by atoms with E-state index in [1.165, 1.54) is 12.7 Å². The van der Waals surface area contributed by atoms with E-state index in [1.54, 1.807) is 6.08 Å². The summed E-state index contributed by atoms with van der Waals surface area (Å²) in [4.78, 5) is 36.4. The number of fused-ring (bicyclic) bond motifs is 5. The molecule has 164 valence electrons. The zero-order valence-corrected chi connectivity index (χ0v) is 18.6. The summed E-state index contributed by atoms with van der Waals surface area (Å²) in [5.41, 5.74) is 2.17. The Morgan fingerprint density at radius 2 is 1.97 bits per heavy atom. The summed E-state index contributed by atoms with van der Waals surface area (Å²) in [5.74, 6) is -0.592. The number of methoxy groups -OCH3 is 1. The number of hydrogen-bond donors (Lipinski definition) is 1. The van der Waals surface area contributed by atoms with E-state index >= 15 is 0 Å². The Morgan fingerprint density at radius 3 is 2.63 bits per heavy atom. The first-order valence-electron chi connectivity index (χ1n) is 11.3. The molecule has 6 atom stereocenters. The Morgan fingerprint density at radius 1 is 1.23 bits per heavy atom. The van der Waals surface area contributed by atoms with Crippen LogP contribution >= 0.6 is 0 Å². The molecule has 0 spiro atoms. The van der Waals surface area contributed by atoms with E-state index in [9.17, 15) is 19.5 Å². The lowest BCUT2D eigenvalue weighted by molar-refractivity contribution is -0.150. The van der Waals surface area contributed by atoms with Crippen LogP contribution < -0.4 is 0 Å². The van der Waals surface area contributed by atoms with Crippen molar-refractivity contribution in [3.8, 4) is 0 Å².